The minimum absolute atomic E-state index is 0.0868. The number of fused-ring (bicyclic) bond motifs is 1. The van der Waals surface area contributed by atoms with Gasteiger partial charge in [0.15, 0.2) is 33.0 Å². The van der Waals surface area contributed by atoms with Gasteiger partial charge in [-0.1, -0.05) is 18.2 Å². The van der Waals surface area contributed by atoms with Gasteiger partial charge in [0.2, 0.25) is 5.91 Å². The first kappa shape index (κ1) is 28.5. The van der Waals surface area contributed by atoms with Crippen LogP contribution in [0.25, 0.3) is 11.0 Å². The molecule has 1 amide bonds. The van der Waals surface area contributed by atoms with Crippen molar-refractivity contribution in [1.82, 2.24) is 9.97 Å². The maximum Gasteiger partial charge on any atom is 0.221 e. The molecule has 0 bridgehead atoms. The standard InChI is InChI=1S/C27H30N6O6S/c1-18(35)29-19-10-12-20(13-11-19)40(28,36)33-27-26(30-21-6-3-4-7-22(21)31-27)32-23-8-5-9-24(37-2)25(23)39-17-16-38-15-14-34/h3-13,34H,14-17H2,1-2H3,(H,29,35)(H,30,32)(H2,28,31,33,36). The summed E-state index contributed by atoms with van der Waals surface area (Å²) in [6, 6.07) is 18.6. The number of para-hydroxylation sites is 3. The van der Waals surface area contributed by atoms with Gasteiger partial charge in [-0.25, -0.2) is 19.0 Å². The fourth-order valence-corrected chi connectivity index (χ4v) is 4.76. The minimum Gasteiger partial charge on any atom is -0.493 e. The first-order valence-corrected chi connectivity index (χ1v) is 13.8. The average molecular weight is 567 g/mol. The van der Waals surface area contributed by atoms with E-state index in [1.165, 1.54) is 26.2 Å². The van der Waals surface area contributed by atoms with Gasteiger partial charge >= 0.3 is 0 Å². The van der Waals surface area contributed by atoms with Crippen molar-refractivity contribution >= 4 is 49.9 Å². The second-order valence-corrected chi connectivity index (χ2v) is 10.2. The Balaban J connectivity index is 1.68. The van der Waals surface area contributed by atoms with Gasteiger partial charge in [0, 0.05) is 12.6 Å². The number of aromatic nitrogens is 2. The number of hydrogen-bond donors (Lipinski definition) is 5. The van der Waals surface area contributed by atoms with Gasteiger partial charge in [-0.3, -0.25) is 9.52 Å². The van der Waals surface area contributed by atoms with E-state index >= 15 is 0 Å². The summed E-state index contributed by atoms with van der Waals surface area (Å²) in [5, 5.41) is 14.7. The number of hydrogen-bond acceptors (Lipinski definition) is 10. The largest absolute Gasteiger partial charge is 0.493 e. The van der Waals surface area contributed by atoms with Crippen LogP contribution in [0.4, 0.5) is 23.0 Å². The maximum absolute atomic E-state index is 13.5. The molecule has 5 N–H and O–H groups in total. The third-order valence-corrected chi connectivity index (χ3v) is 6.90. The van der Waals surface area contributed by atoms with E-state index in [2.05, 4.69) is 25.3 Å². The lowest BCUT2D eigenvalue weighted by atomic mass is 10.2. The van der Waals surface area contributed by atoms with Crippen LogP contribution in [0.3, 0.4) is 0 Å². The van der Waals surface area contributed by atoms with Crippen molar-refractivity contribution in [2.24, 2.45) is 0 Å². The number of rotatable bonds is 13. The Morgan fingerprint density at radius 2 is 1.65 bits per heavy atom. The molecule has 0 aliphatic carbocycles. The zero-order valence-corrected chi connectivity index (χ0v) is 22.8. The summed E-state index contributed by atoms with van der Waals surface area (Å²) < 4.78 is 41.6. The Morgan fingerprint density at radius 3 is 2.30 bits per heavy atom. The molecular formula is C27H30N6O6S. The van der Waals surface area contributed by atoms with E-state index in [-0.39, 0.29) is 48.9 Å². The third kappa shape index (κ3) is 7.14. The molecule has 0 saturated carbocycles. The first-order valence-electron chi connectivity index (χ1n) is 12.3. The molecule has 0 radical (unpaired) electrons. The van der Waals surface area contributed by atoms with Crippen LogP contribution < -0.4 is 24.8 Å². The van der Waals surface area contributed by atoms with E-state index in [1.807, 2.05) is 6.07 Å². The average Bonchev–Trinajstić information content (AvgIpc) is 2.93. The Kier molecular flexibility index (Phi) is 9.32. The number of carbonyl (C=O) groups excluding carboxylic acids is 1. The molecule has 40 heavy (non-hydrogen) atoms. The van der Waals surface area contributed by atoms with Crippen LogP contribution in [-0.4, -0.2) is 58.7 Å². The van der Waals surface area contributed by atoms with Crippen LogP contribution >= 0.6 is 0 Å². The molecule has 3 aromatic carbocycles. The molecule has 1 aromatic heterocycles. The molecule has 0 saturated heterocycles. The molecule has 0 fully saturated rings. The molecule has 0 spiro atoms. The van der Waals surface area contributed by atoms with Crippen molar-refractivity contribution in [2.75, 3.05) is 48.9 Å². The number of anilines is 4. The monoisotopic (exact) mass is 566 g/mol. The quantitative estimate of drug-likeness (QED) is 0.149. The van der Waals surface area contributed by atoms with E-state index in [9.17, 15) is 9.00 Å². The minimum atomic E-state index is -3.59. The van der Waals surface area contributed by atoms with E-state index in [0.717, 1.165) is 0 Å². The summed E-state index contributed by atoms with van der Waals surface area (Å²) in [6.07, 6.45) is 0. The second kappa shape index (κ2) is 13.1. The van der Waals surface area contributed by atoms with E-state index in [1.54, 1.807) is 48.5 Å². The molecule has 4 rings (SSSR count). The molecule has 4 aromatic rings. The second-order valence-electron chi connectivity index (χ2n) is 8.42. The molecular weight excluding hydrogens is 536 g/mol. The summed E-state index contributed by atoms with van der Waals surface area (Å²) in [5.41, 5.74) is 2.13. The molecule has 1 heterocycles. The SMILES string of the molecule is COc1cccc(Nc2nc3ccccc3nc2NS(=N)(=O)c2ccc(NC(C)=O)cc2)c1OCCOCCO. The summed E-state index contributed by atoms with van der Waals surface area (Å²) in [7, 11) is -2.07. The Bertz CT molecular complexity index is 1580. The van der Waals surface area contributed by atoms with Crippen molar-refractivity contribution in [1.29, 1.82) is 4.78 Å². The van der Waals surface area contributed by atoms with E-state index in [0.29, 0.717) is 33.9 Å². The third-order valence-electron chi connectivity index (χ3n) is 5.48. The highest BCUT2D eigenvalue weighted by Crippen LogP contribution is 2.38. The predicted molar refractivity (Wildman–Crippen MR) is 153 cm³/mol. The van der Waals surface area contributed by atoms with Crippen LogP contribution in [0.15, 0.2) is 71.6 Å². The molecule has 0 aliphatic rings. The summed E-state index contributed by atoms with van der Waals surface area (Å²) >= 11 is 0. The molecule has 210 valence electrons. The van der Waals surface area contributed by atoms with Crippen LogP contribution in [-0.2, 0) is 19.4 Å². The van der Waals surface area contributed by atoms with Crippen molar-refractivity contribution in [3.63, 3.8) is 0 Å². The van der Waals surface area contributed by atoms with Gasteiger partial charge in [-0.05, 0) is 48.5 Å². The lowest BCUT2D eigenvalue weighted by Crippen LogP contribution is -2.15. The number of aliphatic hydroxyl groups excluding tert-OH is 1. The van der Waals surface area contributed by atoms with Crippen LogP contribution in [0.5, 0.6) is 11.5 Å². The smallest absolute Gasteiger partial charge is 0.221 e. The van der Waals surface area contributed by atoms with Crippen molar-refractivity contribution in [2.45, 2.75) is 11.8 Å². The van der Waals surface area contributed by atoms with Crippen molar-refractivity contribution in [3.8, 4) is 11.5 Å². The van der Waals surface area contributed by atoms with E-state index in [4.69, 9.17) is 24.1 Å². The fourth-order valence-electron chi connectivity index (χ4n) is 3.71. The number of nitrogens with one attached hydrogen (secondary N) is 4. The maximum atomic E-state index is 13.5. The number of methoxy groups -OCH3 is 1. The Labute approximate surface area is 231 Å². The topological polar surface area (TPSA) is 168 Å². The van der Waals surface area contributed by atoms with Gasteiger partial charge in [0.05, 0.1) is 48.5 Å². The summed E-state index contributed by atoms with van der Waals surface area (Å²) in [5.74, 6) is 0.906. The molecule has 1 unspecified atom stereocenters. The van der Waals surface area contributed by atoms with Gasteiger partial charge in [-0.15, -0.1) is 0 Å². The molecule has 12 nitrogen and oxygen atoms in total. The lowest BCUT2D eigenvalue weighted by molar-refractivity contribution is -0.114. The molecule has 1 atom stereocenters. The van der Waals surface area contributed by atoms with E-state index < -0.39 is 9.92 Å². The van der Waals surface area contributed by atoms with Crippen molar-refractivity contribution < 1.29 is 28.3 Å². The highest BCUT2D eigenvalue weighted by Gasteiger charge is 2.19. The van der Waals surface area contributed by atoms with Gasteiger partial charge in [-0.2, -0.15) is 0 Å². The number of amides is 1. The van der Waals surface area contributed by atoms with Gasteiger partial charge < -0.3 is 30.0 Å². The predicted octanol–water partition coefficient (Wildman–Crippen LogP) is 4.16. The lowest BCUT2D eigenvalue weighted by Gasteiger charge is -2.18. The van der Waals surface area contributed by atoms with Crippen LogP contribution in [0, 0.1) is 4.78 Å². The molecule has 13 heteroatoms. The zero-order valence-electron chi connectivity index (χ0n) is 22.0. The Hall–Kier alpha value is -4.46. The van der Waals surface area contributed by atoms with Gasteiger partial charge in [0.25, 0.3) is 0 Å². The van der Waals surface area contributed by atoms with Crippen molar-refractivity contribution in [3.05, 3.63) is 66.7 Å². The number of aliphatic hydroxyl groups is 1. The molecule has 0 aliphatic heterocycles. The zero-order chi connectivity index (χ0) is 28.5. The number of nitrogens with zero attached hydrogens (tertiary/aromatic N) is 2. The number of carbonyl (C=O) groups is 1. The van der Waals surface area contributed by atoms with Gasteiger partial charge in [0.1, 0.15) is 6.61 Å². The highest BCUT2D eigenvalue weighted by atomic mass is 32.2. The Morgan fingerprint density at radius 1 is 0.950 bits per heavy atom. The fraction of sp³-hybridized carbons (Fsp3) is 0.222. The van der Waals surface area contributed by atoms with Crippen LogP contribution in [0.2, 0.25) is 0 Å². The number of ether oxygens (including phenoxy) is 3. The van der Waals surface area contributed by atoms with Crippen LogP contribution in [0.1, 0.15) is 6.92 Å². The normalized spacial score (nSPS) is 12.4. The first-order chi connectivity index (χ1) is 19.3. The summed E-state index contributed by atoms with van der Waals surface area (Å²) in [4.78, 5) is 20.8. The highest BCUT2D eigenvalue weighted by molar-refractivity contribution is 7.93. The number of benzene rings is 3. The summed E-state index contributed by atoms with van der Waals surface area (Å²) in [6.45, 7) is 1.95.